The predicted molar refractivity (Wildman–Crippen MR) is 37.2 cm³/mol. The van der Waals surface area contributed by atoms with Crippen molar-refractivity contribution >= 4 is 0 Å². The van der Waals surface area contributed by atoms with Gasteiger partial charge in [-0.1, -0.05) is 13.2 Å². The van der Waals surface area contributed by atoms with Gasteiger partial charge in [-0.3, -0.25) is 0 Å². The first-order valence-electron chi connectivity index (χ1n) is 2.38. The third-order valence-electron chi connectivity index (χ3n) is 0.642. The molecule has 0 amide bonds. The molecule has 0 aromatic carbocycles. The smallest absolute Gasteiger partial charge is 0.0985 e. The summed E-state index contributed by atoms with van der Waals surface area (Å²) in [5.74, 6) is 0. The first-order valence-corrected chi connectivity index (χ1v) is 2.38. The quantitative estimate of drug-likeness (QED) is 0.438. The van der Waals surface area contributed by atoms with Crippen LogP contribution in [0.3, 0.4) is 0 Å². The Bertz CT molecular complexity index is 193. The van der Waals surface area contributed by atoms with Crippen molar-refractivity contribution in [3.8, 4) is 6.07 Å². The first kappa shape index (κ1) is 7.51. The van der Waals surface area contributed by atoms with E-state index in [-0.39, 0.29) is 0 Å². The SMILES string of the molecule is C=C(N)/C=C\C(=C)C#N. The first-order chi connectivity index (χ1) is 4.16. The summed E-state index contributed by atoms with van der Waals surface area (Å²) < 4.78 is 0. The third-order valence-corrected chi connectivity index (χ3v) is 0.642. The van der Waals surface area contributed by atoms with Gasteiger partial charge < -0.3 is 5.73 Å². The fraction of sp³-hybridized carbons (Fsp3) is 0. The van der Waals surface area contributed by atoms with Crippen molar-refractivity contribution in [1.29, 1.82) is 5.26 Å². The van der Waals surface area contributed by atoms with E-state index in [9.17, 15) is 0 Å². The molecule has 0 aromatic heterocycles. The van der Waals surface area contributed by atoms with E-state index in [1.54, 1.807) is 0 Å². The van der Waals surface area contributed by atoms with Gasteiger partial charge in [-0.2, -0.15) is 5.26 Å². The van der Waals surface area contributed by atoms with Crippen LogP contribution < -0.4 is 5.73 Å². The second kappa shape index (κ2) is 3.50. The second-order valence-electron chi connectivity index (χ2n) is 1.55. The van der Waals surface area contributed by atoms with Crippen LogP contribution in [-0.4, -0.2) is 0 Å². The maximum absolute atomic E-state index is 8.18. The number of rotatable bonds is 2. The monoisotopic (exact) mass is 120 g/mol. The molecule has 2 nitrogen and oxygen atoms in total. The molecule has 0 aliphatic carbocycles. The Morgan fingerprint density at radius 3 is 2.33 bits per heavy atom. The van der Waals surface area contributed by atoms with Crippen LogP contribution in [0, 0.1) is 11.3 Å². The molecule has 0 fully saturated rings. The van der Waals surface area contributed by atoms with Crippen LogP contribution in [0.2, 0.25) is 0 Å². The largest absolute Gasteiger partial charge is 0.399 e. The van der Waals surface area contributed by atoms with Crippen LogP contribution in [-0.2, 0) is 0 Å². The summed E-state index contributed by atoms with van der Waals surface area (Å²) in [7, 11) is 0. The maximum atomic E-state index is 8.18. The van der Waals surface area contributed by atoms with Crippen LogP contribution in [0.5, 0.6) is 0 Å². The molecule has 9 heavy (non-hydrogen) atoms. The van der Waals surface area contributed by atoms with Crippen LogP contribution in [0.15, 0.2) is 36.6 Å². The minimum Gasteiger partial charge on any atom is -0.399 e. The van der Waals surface area contributed by atoms with E-state index in [1.807, 2.05) is 6.07 Å². The lowest BCUT2D eigenvalue weighted by Crippen LogP contribution is -1.88. The standard InChI is InChI=1S/C7H8N2/c1-6(5-8)3-4-7(2)9/h3-4H,1-2,9H2/b4-3-. The van der Waals surface area contributed by atoms with Gasteiger partial charge in [-0.25, -0.2) is 0 Å². The van der Waals surface area contributed by atoms with Crippen molar-refractivity contribution in [3.63, 3.8) is 0 Å². The molecule has 0 heterocycles. The molecule has 0 aliphatic rings. The lowest BCUT2D eigenvalue weighted by molar-refractivity contribution is 1.44. The summed E-state index contributed by atoms with van der Waals surface area (Å²) in [5, 5.41) is 8.18. The summed E-state index contributed by atoms with van der Waals surface area (Å²) in [5.41, 5.74) is 5.96. The molecule has 0 unspecified atom stereocenters. The molecule has 2 heteroatoms. The van der Waals surface area contributed by atoms with Gasteiger partial charge in [-0.05, 0) is 12.2 Å². The van der Waals surface area contributed by atoms with Crippen molar-refractivity contribution in [3.05, 3.63) is 36.6 Å². The van der Waals surface area contributed by atoms with Gasteiger partial charge in [0.1, 0.15) is 0 Å². The van der Waals surface area contributed by atoms with Crippen molar-refractivity contribution in [2.45, 2.75) is 0 Å². The molecular weight excluding hydrogens is 112 g/mol. The number of hydrogen-bond donors (Lipinski definition) is 1. The van der Waals surface area contributed by atoms with Gasteiger partial charge in [0.25, 0.3) is 0 Å². The van der Waals surface area contributed by atoms with Crippen LogP contribution >= 0.6 is 0 Å². The van der Waals surface area contributed by atoms with Crippen molar-refractivity contribution in [1.82, 2.24) is 0 Å². The summed E-state index contributed by atoms with van der Waals surface area (Å²) in [6.45, 7) is 6.80. The lowest BCUT2D eigenvalue weighted by Gasteiger charge is -1.83. The van der Waals surface area contributed by atoms with E-state index in [0.29, 0.717) is 11.3 Å². The van der Waals surface area contributed by atoms with E-state index in [0.717, 1.165) is 0 Å². The second-order valence-corrected chi connectivity index (χ2v) is 1.55. The molecule has 0 saturated heterocycles. The Morgan fingerprint density at radius 2 is 2.00 bits per heavy atom. The molecule has 2 N–H and O–H groups in total. The van der Waals surface area contributed by atoms with Gasteiger partial charge in [0.15, 0.2) is 0 Å². The Morgan fingerprint density at radius 1 is 1.44 bits per heavy atom. The van der Waals surface area contributed by atoms with E-state index >= 15 is 0 Å². The Balaban J connectivity index is 3.90. The van der Waals surface area contributed by atoms with E-state index < -0.39 is 0 Å². The molecule has 0 atom stereocenters. The Kier molecular flexibility index (Phi) is 2.92. The lowest BCUT2D eigenvalue weighted by atomic mass is 10.3. The molecule has 0 bridgehead atoms. The molecule has 0 saturated carbocycles. The van der Waals surface area contributed by atoms with Crippen molar-refractivity contribution < 1.29 is 0 Å². The van der Waals surface area contributed by atoms with Crippen molar-refractivity contribution in [2.24, 2.45) is 5.73 Å². The summed E-state index contributed by atoms with van der Waals surface area (Å²) in [6.07, 6.45) is 3.05. The molecule has 46 valence electrons. The highest BCUT2D eigenvalue weighted by Gasteiger charge is 1.79. The summed E-state index contributed by atoms with van der Waals surface area (Å²) in [6, 6.07) is 1.84. The fourth-order valence-corrected chi connectivity index (χ4v) is 0.245. The average molecular weight is 120 g/mol. The minimum atomic E-state index is 0.376. The maximum Gasteiger partial charge on any atom is 0.0985 e. The normalized spacial score (nSPS) is 8.78. The Hall–Kier alpha value is -1.49. The van der Waals surface area contributed by atoms with E-state index in [1.165, 1.54) is 12.2 Å². The highest BCUT2D eigenvalue weighted by molar-refractivity contribution is 5.32. The highest BCUT2D eigenvalue weighted by atomic mass is 14.5. The van der Waals surface area contributed by atoms with Crippen LogP contribution in [0.25, 0.3) is 0 Å². The zero-order chi connectivity index (χ0) is 7.28. The molecule has 0 aliphatic heterocycles. The number of hydrogen-bond acceptors (Lipinski definition) is 2. The number of nitrogens with zero attached hydrogens (tertiary/aromatic N) is 1. The van der Waals surface area contributed by atoms with Crippen LogP contribution in [0.4, 0.5) is 0 Å². The van der Waals surface area contributed by atoms with Crippen LogP contribution in [0.1, 0.15) is 0 Å². The van der Waals surface area contributed by atoms with Crippen molar-refractivity contribution in [2.75, 3.05) is 0 Å². The number of nitrogens with two attached hydrogens (primary N) is 1. The molecule has 0 aromatic rings. The zero-order valence-corrected chi connectivity index (χ0v) is 5.09. The van der Waals surface area contributed by atoms with E-state index in [2.05, 4.69) is 13.2 Å². The molecule has 0 radical (unpaired) electrons. The van der Waals surface area contributed by atoms with Gasteiger partial charge in [0, 0.05) is 11.3 Å². The van der Waals surface area contributed by atoms with E-state index in [4.69, 9.17) is 11.0 Å². The molecule has 0 spiro atoms. The zero-order valence-electron chi connectivity index (χ0n) is 5.09. The Labute approximate surface area is 54.6 Å². The van der Waals surface area contributed by atoms with Gasteiger partial charge in [0.05, 0.1) is 6.07 Å². The predicted octanol–water partition coefficient (Wildman–Crippen LogP) is 1.09. The molecular formula is C7H8N2. The van der Waals surface area contributed by atoms with Gasteiger partial charge in [0.2, 0.25) is 0 Å². The van der Waals surface area contributed by atoms with Gasteiger partial charge in [-0.15, -0.1) is 0 Å². The minimum absolute atomic E-state index is 0.376. The average Bonchev–Trinajstić information content (AvgIpc) is 1.83. The summed E-state index contributed by atoms with van der Waals surface area (Å²) >= 11 is 0. The third kappa shape index (κ3) is 4.36. The molecule has 0 rings (SSSR count). The topological polar surface area (TPSA) is 49.8 Å². The van der Waals surface area contributed by atoms with Gasteiger partial charge >= 0.3 is 0 Å². The number of allylic oxidation sites excluding steroid dienone is 3. The fourth-order valence-electron chi connectivity index (χ4n) is 0.245. The summed E-state index contributed by atoms with van der Waals surface area (Å²) in [4.78, 5) is 0. The highest BCUT2D eigenvalue weighted by Crippen LogP contribution is 1.90. The number of nitriles is 1.